The normalized spacial score (nSPS) is 17.4. The molecule has 1 aliphatic carbocycles. The summed E-state index contributed by atoms with van der Waals surface area (Å²) in [5.41, 5.74) is 1.62. The summed E-state index contributed by atoms with van der Waals surface area (Å²) in [4.78, 5) is 20.6. The van der Waals surface area contributed by atoms with E-state index in [4.69, 9.17) is 4.74 Å². The first-order chi connectivity index (χ1) is 11.6. The van der Waals surface area contributed by atoms with Crippen LogP contribution in [0.15, 0.2) is 43.0 Å². The second-order valence-electron chi connectivity index (χ2n) is 6.51. The summed E-state index contributed by atoms with van der Waals surface area (Å²) in [5.74, 6) is -1.06. The van der Waals surface area contributed by atoms with Gasteiger partial charge < -0.3 is 9.84 Å². The van der Waals surface area contributed by atoms with E-state index >= 15 is 0 Å². The van der Waals surface area contributed by atoms with Crippen LogP contribution in [0.5, 0.6) is 0 Å². The SMILES string of the molecule is Cc1ccc(C(C(=O)OCc2cncnc2)C2(O)CCCC2)cc1. The molecule has 1 heterocycles. The third kappa shape index (κ3) is 3.62. The Labute approximate surface area is 141 Å². The standard InChI is InChI=1S/C19H22N2O3/c1-14-4-6-16(7-5-14)17(19(23)8-2-3-9-19)18(22)24-12-15-10-20-13-21-11-15/h4-7,10-11,13,17,23H,2-3,8-9,12H2,1H3. The van der Waals surface area contributed by atoms with Gasteiger partial charge in [0.2, 0.25) is 0 Å². The Morgan fingerprint density at radius 3 is 2.46 bits per heavy atom. The number of carbonyl (C=O) groups excluding carboxylic acids is 1. The van der Waals surface area contributed by atoms with Crippen molar-refractivity contribution in [1.82, 2.24) is 9.97 Å². The predicted molar refractivity (Wildman–Crippen MR) is 89.2 cm³/mol. The van der Waals surface area contributed by atoms with E-state index < -0.39 is 17.5 Å². The number of aromatic nitrogens is 2. The fraction of sp³-hybridized carbons (Fsp3) is 0.421. The highest BCUT2D eigenvalue weighted by molar-refractivity contribution is 5.80. The molecule has 0 saturated heterocycles. The van der Waals surface area contributed by atoms with Gasteiger partial charge in [-0.05, 0) is 25.3 Å². The molecule has 1 saturated carbocycles. The van der Waals surface area contributed by atoms with Gasteiger partial charge in [-0.2, -0.15) is 0 Å². The van der Waals surface area contributed by atoms with Crippen molar-refractivity contribution in [1.29, 1.82) is 0 Å². The van der Waals surface area contributed by atoms with Crippen molar-refractivity contribution in [3.8, 4) is 0 Å². The molecule has 3 rings (SSSR count). The van der Waals surface area contributed by atoms with Gasteiger partial charge in [0.05, 0.1) is 5.60 Å². The van der Waals surface area contributed by atoms with Gasteiger partial charge in [0.25, 0.3) is 0 Å². The van der Waals surface area contributed by atoms with E-state index in [2.05, 4.69) is 9.97 Å². The first-order valence-electron chi connectivity index (χ1n) is 8.28. The topological polar surface area (TPSA) is 72.3 Å². The molecule has 1 fully saturated rings. The molecule has 0 bridgehead atoms. The monoisotopic (exact) mass is 326 g/mol. The zero-order valence-electron chi connectivity index (χ0n) is 13.8. The first-order valence-corrected chi connectivity index (χ1v) is 8.28. The average Bonchev–Trinajstić information content (AvgIpc) is 3.03. The Kier molecular flexibility index (Phi) is 4.90. The van der Waals surface area contributed by atoms with Gasteiger partial charge in [-0.25, -0.2) is 9.97 Å². The minimum atomic E-state index is -1.03. The van der Waals surface area contributed by atoms with Crippen LogP contribution in [0.25, 0.3) is 0 Å². The molecular formula is C19H22N2O3. The number of hydrogen-bond donors (Lipinski definition) is 1. The van der Waals surface area contributed by atoms with E-state index in [1.165, 1.54) is 6.33 Å². The number of aliphatic hydroxyl groups is 1. The highest BCUT2D eigenvalue weighted by Crippen LogP contribution is 2.42. The number of nitrogens with zero attached hydrogens (tertiary/aromatic N) is 2. The molecule has 5 nitrogen and oxygen atoms in total. The largest absolute Gasteiger partial charge is 0.460 e. The fourth-order valence-corrected chi connectivity index (χ4v) is 3.34. The maximum Gasteiger partial charge on any atom is 0.316 e. The van der Waals surface area contributed by atoms with Gasteiger partial charge in [-0.15, -0.1) is 0 Å². The van der Waals surface area contributed by atoms with E-state index in [1.54, 1.807) is 12.4 Å². The zero-order chi connectivity index (χ0) is 17.0. The third-order valence-corrected chi connectivity index (χ3v) is 4.65. The number of hydrogen-bond acceptors (Lipinski definition) is 5. The summed E-state index contributed by atoms with van der Waals surface area (Å²) < 4.78 is 5.47. The maximum absolute atomic E-state index is 12.8. The summed E-state index contributed by atoms with van der Waals surface area (Å²) in [5, 5.41) is 11.0. The molecule has 1 atom stereocenters. The van der Waals surface area contributed by atoms with Crippen molar-refractivity contribution >= 4 is 5.97 Å². The number of aryl methyl sites for hydroxylation is 1. The average molecular weight is 326 g/mol. The van der Waals surface area contributed by atoms with Gasteiger partial charge in [0, 0.05) is 18.0 Å². The minimum absolute atomic E-state index is 0.109. The molecule has 1 N–H and O–H groups in total. The second-order valence-corrected chi connectivity index (χ2v) is 6.51. The van der Waals surface area contributed by atoms with Crippen LogP contribution in [0.3, 0.4) is 0 Å². The molecule has 126 valence electrons. The van der Waals surface area contributed by atoms with Crippen LogP contribution >= 0.6 is 0 Å². The van der Waals surface area contributed by atoms with Crippen molar-refractivity contribution in [3.05, 3.63) is 59.7 Å². The summed E-state index contributed by atoms with van der Waals surface area (Å²) in [6, 6.07) is 7.73. The van der Waals surface area contributed by atoms with Crippen molar-refractivity contribution in [2.24, 2.45) is 0 Å². The molecule has 1 aromatic carbocycles. The van der Waals surface area contributed by atoms with Gasteiger partial charge in [0.15, 0.2) is 0 Å². The van der Waals surface area contributed by atoms with Crippen LogP contribution in [0, 0.1) is 6.92 Å². The number of ether oxygens (including phenoxy) is 1. The van der Waals surface area contributed by atoms with Crippen LogP contribution < -0.4 is 0 Å². The summed E-state index contributed by atoms with van der Waals surface area (Å²) in [6.45, 7) is 2.11. The molecular weight excluding hydrogens is 304 g/mol. The van der Waals surface area contributed by atoms with Crippen molar-refractivity contribution < 1.29 is 14.6 Å². The predicted octanol–water partition coefficient (Wildman–Crippen LogP) is 2.92. The fourth-order valence-electron chi connectivity index (χ4n) is 3.34. The summed E-state index contributed by atoms with van der Waals surface area (Å²) in [7, 11) is 0. The number of carbonyl (C=O) groups is 1. The molecule has 0 amide bonds. The summed E-state index contributed by atoms with van der Waals surface area (Å²) in [6.07, 6.45) is 7.76. The van der Waals surface area contributed by atoms with Gasteiger partial charge in [-0.1, -0.05) is 42.7 Å². The van der Waals surface area contributed by atoms with Crippen molar-refractivity contribution in [2.75, 3.05) is 0 Å². The lowest BCUT2D eigenvalue weighted by molar-refractivity contribution is -0.154. The van der Waals surface area contributed by atoms with Crippen LogP contribution in [-0.4, -0.2) is 26.6 Å². The molecule has 5 heteroatoms. The molecule has 1 aliphatic rings. The first kappa shape index (κ1) is 16.6. The van der Waals surface area contributed by atoms with E-state index in [0.717, 1.165) is 29.5 Å². The Balaban J connectivity index is 1.81. The smallest absolute Gasteiger partial charge is 0.316 e. The molecule has 2 aromatic rings. The number of benzene rings is 1. The van der Waals surface area contributed by atoms with Gasteiger partial charge in [0.1, 0.15) is 18.9 Å². The van der Waals surface area contributed by atoms with E-state index in [1.807, 2.05) is 31.2 Å². The van der Waals surface area contributed by atoms with Crippen LogP contribution in [0.1, 0.15) is 48.3 Å². The Bertz CT molecular complexity index is 680. The van der Waals surface area contributed by atoms with Crippen LogP contribution in [-0.2, 0) is 16.1 Å². The van der Waals surface area contributed by atoms with E-state index in [0.29, 0.717) is 12.8 Å². The molecule has 1 unspecified atom stereocenters. The minimum Gasteiger partial charge on any atom is -0.460 e. The van der Waals surface area contributed by atoms with Gasteiger partial charge >= 0.3 is 5.97 Å². The Morgan fingerprint density at radius 2 is 1.83 bits per heavy atom. The molecule has 1 aromatic heterocycles. The number of rotatable bonds is 5. The number of esters is 1. The quantitative estimate of drug-likeness (QED) is 0.855. The summed E-state index contributed by atoms with van der Waals surface area (Å²) >= 11 is 0. The Morgan fingerprint density at radius 1 is 1.21 bits per heavy atom. The van der Waals surface area contributed by atoms with Crippen molar-refractivity contribution in [2.45, 2.75) is 50.7 Å². The van der Waals surface area contributed by atoms with Crippen LogP contribution in [0.2, 0.25) is 0 Å². The van der Waals surface area contributed by atoms with E-state index in [9.17, 15) is 9.90 Å². The lowest BCUT2D eigenvalue weighted by Gasteiger charge is -2.31. The van der Waals surface area contributed by atoms with Gasteiger partial charge in [-0.3, -0.25) is 4.79 Å². The highest BCUT2D eigenvalue weighted by Gasteiger charge is 2.45. The van der Waals surface area contributed by atoms with Crippen LogP contribution in [0.4, 0.5) is 0 Å². The molecule has 0 aliphatic heterocycles. The van der Waals surface area contributed by atoms with Crippen molar-refractivity contribution in [3.63, 3.8) is 0 Å². The molecule has 0 spiro atoms. The Hall–Kier alpha value is -2.27. The van der Waals surface area contributed by atoms with E-state index in [-0.39, 0.29) is 6.61 Å². The zero-order valence-corrected chi connectivity index (χ0v) is 13.8. The highest BCUT2D eigenvalue weighted by atomic mass is 16.5. The maximum atomic E-state index is 12.8. The second kappa shape index (κ2) is 7.09. The molecule has 0 radical (unpaired) electrons. The molecule has 24 heavy (non-hydrogen) atoms. The third-order valence-electron chi connectivity index (χ3n) is 4.65. The lowest BCUT2D eigenvalue weighted by Crippen LogP contribution is -2.39. The lowest BCUT2D eigenvalue weighted by atomic mass is 9.80.